The highest BCUT2D eigenvalue weighted by atomic mass is 32.1. The molecule has 1 aromatic carbocycles. The van der Waals surface area contributed by atoms with E-state index in [1.165, 1.54) is 16.0 Å². The van der Waals surface area contributed by atoms with Crippen LogP contribution >= 0.6 is 11.3 Å². The zero-order valence-electron chi connectivity index (χ0n) is 12.6. The molecule has 0 amide bonds. The first-order valence-electron chi connectivity index (χ1n) is 7.65. The third-order valence-corrected chi connectivity index (χ3v) is 5.32. The number of nitrogens with zero attached hydrogens (tertiary/aromatic N) is 1. The average molecular weight is 302 g/mol. The number of aromatic nitrogens is 1. The molecule has 0 spiro atoms. The van der Waals surface area contributed by atoms with Crippen LogP contribution in [0.3, 0.4) is 0 Å². The summed E-state index contributed by atoms with van der Waals surface area (Å²) in [6.07, 6.45) is 4.23. The van der Waals surface area contributed by atoms with Crippen LogP contribution in [0.2, 0.25) is 0 Å². The van der Waals surface area contributed by atoms with Gasteiger partial charge in [0.2, 0.25) is 0 Å². The molecular weight excluding hydrogens is 280 g/mol. The Labute approximate surface area is 130 Å². The van der Waals surface area contributed by atoms with Crippen LogP contribution < -0.4 is 5.32 Å². The summed E-state index contributed by atoms with van der Waals surface area (Å²) in [5, 5.41) is 4.73. The second-order valence-electron chi connectivity index (χ2n) is 5.46. The highest BCUT2D eigenvalue weighted by Crippen LogP contribution is 2.27. The van der Waals surface area contributed by atoms with Gasteiger partial charge in [-0.25, -0.2) is 4.98 Å². The highest BCUT2D eigenvalue weighted by Gasteiger charge is 2.21. The lowest BCUT2D eigenvalue weighted by molar-refractivity contribution is 0.0409. The number of nitrogens with one attached hydrogen (secondary N) is 1. The van der Waals surface area contributed by atoms with Gasteiger partial charge in [-0.15, -0.1) is 11.3 Å². The van der Waals surface area contributed by atoms with E-state index >= 15 is 0 Å². The van der Waals surface area contributed by atoms with Crippen molar-refractivity contribution in [2.24, 2.45) is 0 Å². The minimum atomic E-state index is 0.156. The van der Waals surface area contributed by atoms with E-state index in [4.69, 9.17) is 4.74 Å². The molecule has 21 heavy (non-hydrogen) atoms. The van der Waals surface area contributed by atoms with Crippen molar-refractivity contribution in [2.75, 3.05) is 13.2 Å². The average Bonchev–Trinajstić information content (AvgIpc) is 3.01. The number of hydrogen-bond donors (Lipinski definition) is 1. The maximum atomic E-state index is 5.94. The van der Waals surface area contributed by atoms with Gasteiger partial charge >= 0.3 is 0 Å². The smallest absolute Gasteiger partial charge is 0.109 e. The third-order valence-electron chi connectivity index (χ3n) is 3.99. The summed E-state index contributed by atoms with van der Waals surface area (Å²) in [7, 11) is 0. The van der Waals surface area contributed by atoms with Crippen LogP contribution in [0.4, 0.5) is 0 Å². The fraction of sp³-hybridized carbons (Fsp3) is 0.471. The van der Waals surface area contributed by atoms with E-state index in [0.29, 0.717) is 0 Å². The van der Waals surface area contributed by atoms with Gasteiger partial charge in [0.15, 0.2) is 0 Å². The second-order valence-corrected chi connectivity index (χ2v) is 6.60. The topological polar surface area (TPSA) is 34.2 Å². The first-order valence-corrected chi connectivity index (χ1v) is 8.47. The number of benzene rings is 1. The Kier molecular flexibility index (Phi) is 4.68. The fourth-order valence-electron chi connectivity index (χ4n) is 2.70. The van der Waals surface area contributed by atoms with Gasteiger partial charge in [-0.3, -0.25) is 0 Å². The molecule has 2 atom stereocenters. The van der Waals surface area contributed by atoms with Crippen LogP contribution in [0.15, 0.2) is 30.5 Å². The van der Waals surface area contributed by atoms with Crippen LogP contribution in [0, 0.1) is 0 Å². The summed E-state index contributed by atoms with van der Waals surface area (Å²) in [6.45, 7) is 5.99. The van der Waals surface area contributed by atoms with Crippen molar-refractivity contribution >= 4 is 11.3 Å². The van der Waals surface area contributed by atoms with Crippen molar-refractivity contribution in [1.82, 2.24) is 10.3 Å². The van der Waals surface area contributed by atoms with Crippen LogP contribution in [0.5, 0.6) is 0 Å². The van der Waals surface area contributed by atoms with Gasteiger partial charge in [-0.1, -0.05) is 31.2 Å². The molecule has 112 valence electrons. The lowest BCUT2D eigenvalue weighted by Crippen LogP contribution is -2.29. The zero-order valence-corrected chi connectivity index (χ0v) is 13.5. The summed E-state index contributed by atoms with van der Waals surface area (Å²) in [6, 6.07) is 8.87. The lowest BCUT2D eigenvalue weighted by Gasteiger charge is -2.27. The number of ether oxygens (including phenoxy) is 1. The zero-order chi connectivity index (χ0) is 14.7. The van der Waals surface area contributed by atoms with Gasteiger partial charge in [0.25, 0.3) is 0 Å². The molecule has 1 aromatic heterocycles. The first kappa shape index (κ1) is 14.7. The molecule has 0 saturated carbocycles. The molecule has 0 aliphatic carbocycles. The number of rotatable bonds is 5. The fourth-order valence-corrected chi connectivity index (χ4v) is 3.59. The molecule has 0 saturated heterocycles. The van der Waals surface area contributed by atoms with Crippen LogP contribution in [0.1, 0.15) is 47.0 Å². The number of fused-ring (bicyclic) bond motifs is 1. The van der Waals surface area contributed by atoms with Crippen molar-refractivity contribution < 1.29 is 4.74 Å². The molecule has 0 radical (unpaired) electrons. The maximum Gasteiger partial charge on any atom is 0.109 e. The van der Waals surface area contributed by atoms with E-state index in [9.17, 15) is 0 Å². The van der Waals surface area contributed by atoms with Crippen molar-refractivity contribution in [3.8, 4) is 0 Å². The third kappa shape index (κ3) is 3.34. The van der Waals surface area contributed by atoms with E-state index in [0.717, 1.165) is 31.0 Å². The molecule has 3 rings (SSSR count). The Morgan fingerprint density at radius 1 is 1.43 bits per heavy atom. The second kappa shape index (κ2) is 6.69. The summed E-state index contributed by atoms with van der Waals surface area (Å²) < 4.78 is 5.94. The quantitative estimate of drug-likeness (QED) is 0.915. The predicted molar refractivity (Wildman–Crippen MR) is 86.7 cm³/mol. The van der Waals surface area contributed by atoms with Crippen molar-refractivity contribution in [1.29, 1.82) is 0 Å². The molecule has 1 aliphatic heterocycles. The lowest BCUT2D eigenvalue weighted by atomic mass is 9.97. The molecule has 1 N–H and O–H groups in total. The minimum absolute atomic E-state index is 0.156. The summed E-state index contributed by atoms with van der Waals surface area (Å²) in [4.78, 5) is 5.86. The molecule has 3 nitrogen and oxygen atoms in total. The Morgan fingerprint density at radius 2 is 2.29 bits per heavy atom. The normalized spacial score (nSPS) is 19.2. The van der Waals surface area contributed by atoms with Crippen molar-refractivity contribution in [2.45, 2.75) is 38.8 Å². The summed E-state index contributed by atoms with van der Waals surface area (Å²) in [5.74, 6) is 0. The van der Waals surface area contributed by atoms with E-state index in [2.05, 4.69) is 48.4 Å². The molecule has 2 heterocycles. The van der Waals surface area contributed by atoms with Crippen LogP contribution in [-0.2, 0) is 17.6 Å². The van der Waals surface area contributed by atoms with Gasteiger partial charge in [0.1, 0.15) is 5.01 Å². The maximum absolute atomic E-state index is 5.94. The van der Waals surface area contributed by atoms with Gasteiger partial charge in [-0.05, 0) is 30.9 Å². The number of hydrogen-bond acceptors (Lipinski definition) is 4. The molecule has 0 bridgehead atoms. The SMILES string of the molecule is CCc1cnc(C(C)NCC2OCCc3ccccc32)s1. The Morgan fingerprint density at radius 3 is 3.10 bits per heavy atom. The Balaban J connectivity index is 1.63. The van der Waals surface area contributed by atoms with E-state index in [1.54, 1.807) is 11.3 Å². The standard InChI is InChI=1S/C17H22N2OS/c1-3-14-10-19-17(21-14)12(2)18-11-16-15-7-5-4-6-13(15)8-9-20-16/h4-7,10,12,16,18H,3,8-9,11H2,1-2H3. The summed E-state index contributed by atoms with van der Waals surface area (Å²) in [5.41, 5.74) is 2.75. The van der Waals surface area contributed by atoms with Gasteiger partial charge in [-0.2, -0.15) is 0 Å². The van der Waals surface area contributed by atoms with Gasteiger partial charge in [0.05, 0.1) is 18.8 Å². The number of aryl methyl sites for hydroxylation is 1. The van der Waals surface area contributed by atoms with Crippen LogP contribution in [0.25, 0.3) is 0 Å². The van der Waals surface area contributed by atoms with E-state index in [1.807, 2.05) is 6.20 Å². The monoisotopic (exact) mass is 302 g/mol. The van der Waals surface area contributed by atoms with E-state index < -0.39 is 0 Å². The first-order chi connectivity index (χ1) is 10.3. The molecular formula is C17H22N2OS. The van der Waals surface area contributed by atoms with Gasteiger partial charge < -0.3 is 10.1 Å². The minimum Gasteiger partial charge on any atom is -0.372 e. The highest BCUT2D eigenvalue weighted by molar-refractivity contribution is 7.11. The van der Waals surface area contributed by atoms with Crippen molar-refractivity contribution in [3.63, 3.8) is 0 Å². The number of thiazole rings is 1. The largest absolute Gasteiger partial charge is 0.372 e. The Hall–Kier alpha value is -1.23. The predicted octanol–water partition coefficient (Wildman–Crippen LogP) is 3.67. The Bertz CT molecular complexity index is 596. The molecule has 2 aromatic rings. The molecule has 2 unspecified atom stereocenters. The molecule has 4 heteroatoms. The van der Waals surface area contributed by atoms with Crippen LogP contribution in [-0.4, -0.2) is 18.1 Å². The van der Waals surface area contributed by atoms with Gasteiger partial charge in [0, 0.05) is 17.6 Å². The van der Waals surface area contributed by atoms with E-state index in [-0.39, 0.29) is 12.1 Å². The summed E-state index contributed by atoms with van der Waals surface area (Å²) >= 11 is 1.80. The molecule has 0 fully saturated rings. The van der Waals surface area contributed by atoms with Crippen molar-refractivity contribution in [3.05, 3.63) is 51.5 Å². The molecule has 1 aliphatic rings.